The van der Waals surface area contributed by atoms with Crippen molar-refractivity contribution in [2.45, 2.75) is 20.8 Å². The van der Waals surface area contributed by atoms with Crippen LogP contribution in [-0.2, 0) is 9.53 Å². The van der Waals surface area contributed by atoms with Crippen molar-refractivity contribution >= 4 is 17.8 Å². The molecule has 3 heteroatoms. The van der Waals surface area contributed by atoms with Crippen LogP contribution in [0.3, 0.4) is 0 Å². The molecule has 0 unspecified atom stereocenters. The molecule has 0 fully saturated rings. The topological polar surface area (TPSA) is 26.3 Å². The molecule has 0 aromatic heterocycles. The van der Waals surface area contributed by atoms with E-state index in [1.54, 1.807) is 39.0 Å². The molecule has 114 valence electrons. The van der Waals surface area contributed by atoms with Crippen molar-refractivity contribution in [1.29, 1.82) is 0 Å². The lowest BCUT2D eigenvalue weighted by atomic mass is 9.97. The normalized spacial score (nSPS) is 12.1. The quantitative estimate of drug-likeness (QED) is 0.457. The molecule has 0 aliphatic rings. The van der Waals surface area contributed by atoms with Crippen LogP contribution in [0.5, 0.6) is 0 Å². The number of esters is 1. The number of rotatable bonds is 3. The van der Waals surface area contributed by atoms with Gasteiger partial charge < -0.3 is 4.74 Å². The van der Waals surface area contributed by atoms with Gasteiger partial charge >= 0.3 is 5.97 Å². The smallest absolute Gasteiger partial charge is 0.316 e. The van der Waals surface area contributed by atoms with Gasteiger partial charge in [-0.3, -0.25) is 4.79 Å². The molecule has 0 spiro atoms. The van der Waals surface area contributed by atoms with Crippen LogP contribution in [0.1, 0.15) is 31.9 Å². The predicted molar refractivity (Wildman–Crippen MR) is 86.3 cm³/mol. The van der Waals surface area contributed by atoms with Gasteiger partial charge in [-0.2, -0.15) is 0 Å². The molecule has 0 heterocycles. The molecule has 0 atom stereocenters. The minimum Gasteiger partial charge on any atom is -0.425 e. The van der Waals surface area contributed by atoms with E-state index in [1.807, 2.05) is 30.3 Å². The third-order valence-corrected chi connectivity index (χ3v) is 3.04. The average Bonchev–Trinajstić information content (AvgIpc) is 2.47. The van der Waals surface area contributed by atoms with Crippen LogP contribution in [-0.4, -0.2) is 5.97 Å². The second-order valence-electron chi connectivity index (χ2n) is 6.07. The number of halogens is 1. The Hall–Kier alpha value is -2.42. The van der Waals surface area contributed by atoms with E-state index < -0.39 is 5.41 Å². The van der Waals surface area contributed by atoms with Gasteiger partial charge in [0, 0.05) is 5.56 Å². The molecule has 0 aliphatic carbocycles. The van der Waals surface area contributed by atoms with Gasteiger partial charge in [0.25, 0.3) is 0 Å². The van der Waals surface area contributed by atoms with E-state index in [0.29, 0.717) is 11.3 Å². The molecule has 0 saturated carbocycles. The summed E-state index contributed by atoms with van der Waals surface area (Å²) in [5.74, 6) is -0.255. The number of hydrogen-bond acceptors (Lipinski definition) is 2. The summed E-state index contributed by atoms with van der Waals surface area (Å²) >= 11 is 0. The van der Waals surface area contributed by atoms with Crippen LogP contribution < -0.4 is 0 Å². The Morgan fingerprint density at radius 3 is 2.14 bits per heavy atom. The summed E-state index contributed by atoms with van der Waals surface area (Å²) in [5, 5.41) is 0. The molecular formula is C19H19FO2. The lowest BCUT2D eigenvalue weighted by Crippen LogP contribution is -2.22. The second kappa shape index (κ2) is 6.56. The minimum atomic E-state index is -0.615. The fourth-order valence-corrected chi connectivity index (χ4v) is 1.74. The first-order chi connectivity index (χ1) is 10.4. The van der Waals surface area contributed by atoms with Crippen LogP contribution in [0.4, 0.5) is 4.39 Å². The van der Waals surface area contributed by atoms with E-state index >= 15 is 0 Å². The lowest BCUT2D eigenvalue weighted by Gasteiger charge is -2.18. The summed E-state index contributed by atoms with van der Waals surface area (Å²) in [6, 6.07) is 15.4. The van der Waals surface area contributed by atoms with Crippen LogP contribution in [0.2, 0.25) is 0 Å². The van der Waals surface area contributed by atoms with Crippen LogP contribution in [0, 0.1) is 11.2 Å². The highest BCUT2D eigenvalue weighted by molar-refractivity contribution is 5.87. The van der Waals surface area contributed by atoms with Crippen LogP contribution >= 0.6 is 0 Å². The molecule has 2 nitrogen and oxygen atoms in total. The number of carbonyl (C=O) groups excluding carboxylic acids is 1. The van der Waals surface area contributed by atoms with E-state index in [1.165, 1.54) is 12.1 Å². The average molecular weight is 298 g/mol. The summed E-state index contributed by atoms with van der Waals surface area (Å²) < 4.78 is 18.6. The van der Waals surface area contributed by atoms with Crippen molar-refractivity contribution in [2.75, 3.05) is 0 Å². The van der Waals surface area contributed by atoms with E-state index in [4.69, 9.17) is 4.74 Å². The first kappa shape index (κ1) is 16.0. The molecule has 0 bridgehead atoms. The van der Waals surface area contributed by atoms with Crippen molar-refractivity contribution in [2.24, 2.45) is 5.41 Å². The monoisotopic (exact) mass is 298 g/mol. The third kappa shape index (κ3) is 4.29. The molecule has 0 saturated heterocycles. The predicted octanol–water partition coefficient (Wildman–Crippen LogP) is 4.91. The SMILES string of the molecule is CC(C)(C)C(=O)O/C(=C\c1ccccc1)c1ccc(F)cc1. The van der Waals surface area contributed by atoms with E-state index in [0.717, 1.165) is 5.56 Å². The Labute approximate surface area is 130 Å². The molecule has 0 radical (unpaired) electrons. The van der Waals surface area contributed by atoms with E-state index in [-0.39, 0.29) is 11.8 Å². The Bertz CT molecular complexity index is 665. The maximum Gasteiger partial charge on any atom is 0.316 e. The summed E-state index contributed by atoms with van der Waals surface area (Å²) in [6.45, 7) is 5.38. The fraction of sp³-hybridized carbons (Fsp3) is 0.211. The molecule has 2 aromatic carbocycles. The zero-order chi connectivity index (χ0) is 16.2. The van der Waals surface area contributed by atoms with Gasteiger partial charge in [0.1, 0.15) is 11.6 Å². The maximum absolute atomic E-state index is 13.1. The van der Waals surface area contributed by atoms with Crippen molar-refractivity contribution in [1.82, 2.24) is 0 Å². The summed E-state index contributed by atoms with van der Waals surface area (Å²) in [4.78, 5) is 12.2. The van der Waals surface area contributed by atoms with Crippen LogP contribution in [0.25, 0.3) is 11.8 Å². The zero-order valence-corrected chi connectivity index (χ0v) is 13.0. The fourth-order valence-electron chi connectivity index (χ4n) is 1.74. The van der Waals surface area contributed by atoms with Gasteiger partial charge in [0.05, 0.1) is 5.41 Å². The van der Waals surface area contributed by atoms with E-state index in [2.05, 4.69) is 0 Å². The molecule has 2 rings (SSSR count). The Kier molecular flexibility index (Phi) is 4.76. The number of benzene rings is 2. The van der Waals surface area contributed by atoms with Gasteiger partial charge in [-0.05, 0) is 56.7 Å². The van der Waals surface area contributed by atoms with Gasteiger partial charge in [-0.25, -0.2) is 4.39 Å². The first-order valence-corrected chi connectivity index (χ1v) is 7.11. The van der Waals surface area contributed by atoms with Crippen molar-refractivity contribution < 1.29 is 13.9 Å². The van der Waals surface area contributed by atoms with Crippen molar-refractivity contribution in [3.05, 3.63) is 71.5 Å². The summed E-state index contributed by atoms with van der Waals surface area (Å²) in [7, 11) is 0. The highest BCUT2D eigenvalue weighted by atomic mass is 19.1. The Morgan fingerprint density at radius 1 is 1.00 bits per heavy atom. The first-order valence-electron chi connectivity index (χ1n) is 7.11. The van der Waals surface area contributed by atoms with Gasteiger partial charge in [-0.1, -0.05) is 30.3 Å². The molecule has 0 N–H and O–H groups in total. The van der Waals surface area contributed by atoms with Crippen molar-refractivity contribution in [3.63, 3.8) is 0 Å². The number of ether oxygens (including phenoxy) is 1. The highest BCUT2D eigenvalue weighted by Gasteiger charge is 2.25. The third-order valence-electron chi connectivity index (χ3n) is 3.04. The minimum absolute atomic E-state index is 0.329. The lowest BCUT2D eigenvalue weighted by molar-refractivity contribution is -0.145. The molecule has 0 aliphatic heterocycles. The Balaban J connectivity index is 2.39. The molecule has 2 aromatic rings. The molecular weight excluding hydrogens is 279 g/mol. The zero-order valence-electron chi connectivity index (χ0n) is 13.0. The summed E-state index contributed by atoms with van der Waals surface area (Å²) in [5.41, 5.74) is 0.946. The van der Waals surface area contributed by atoms with Gasteiger partial charge in [0.15, 0.2) is 0 Å². The maximum atomic E-state index is 13.1. The second-order valence-corrected chi connectivity index (χ2v) is 6.07. The van der Waals surface area contributed by atoms with Crippen LogP contribution in [0.15, 0.2) is 54.6 Å². The van der Waals surface area contributed by atoms with E-state index in [9.17, 15) is 9.18 Å². The van der Waals surface area contributed by atoms with Gasteiger partial charge in [-0.15, -0.1) is 0 Å². The number of hydrogen-bond donors (Lipinski definition) is 0. The van der Waals surface area contributed by atoms with Gasteiger partial charge in [0.2, 0.25) is 0 Å². The highest BCUT2D eigenvalue weighted by Crippen LogP contribution is 2.25. The summed E-state index contributed by atoms with van der Waals surface area (Å²) in [6.07, 6.45) is 1.77. The van der Waals surface area contributed by atoms with Crippen molar-refractivity contribution in [3.8, 4) is 0 Å². The molecule has 0 amide bonds. The molecule has 22 heavy (non-hydrogen) atoms. The Morgan fingerprint density at radius 2 is 1.59 bits per heavy atom. The largest absolute Gasteiger partial charge is 0.425 e. The standard InChI is InChI=1S/C19H19FO2/c1-19(2,3)18(21)22-17(13-14-7-5-4-6-8-14)15-9-11-16(20)12-10-15/h4-13H,1-3H3/b17-13-. The number of carbonyl (C=O) groups is 1.